The zero-order chi connectivity index (χ0) is 15.4. The molecule has 0 aliphatic carbocycles. The lowest BCUT2D eigenvalue weighted by Crippen LogP contribution is -2.12. The first-order valence-electron chi connectivity index (χ1n) is 6.10. The van der Waals surface area contributed by atoms with Crippen molar-refractivity contribution in [2.45, 2.75) is 6.92 Å². The highest BCUT2D eigenvalue weighted by molar-refractivity contribution is 6.31. The molecule has 4 nitrogen and oxygen atoms in total. The Kier molecular flexibility index (Phi) is 4.55. The van der Waals surface area contributed by atoms with E-state index in [-0.39, 0.29) is 16.5 Å². The van der Waals surface area contributed by atoms with Crippen molar-refractivity contribution >= 4 is 34.8 Å². The maximum atomic E-state index is 13.1. The summed E-state index contributed by atoms with van der Waals surface area (Å²) in [6, 6.07) is 10.4. The Labute approximate surface area is 125 Å². The smallest absolute Gasteiger partial charge is 0.255 e. The van der Waals surface area contributed by atoms with Crippen LogP contribution in [0, 0.1) is 5.82 Å². The average molecular weight is 307 g/mol. The number of carbonyl (C=O) groups excluding carboxylic acids is 2. The molecule has 2 aromatic rings. The highest BCUT2D eigenvalue weighted by Crippen LogP contribution is 2.19. The standard InChI is InChI=1S/C15H12ClFN2O2/c1-9(20)18-11-3-2-4-12(8-11)19-15(21)10-5-6-14(17)13(16)7-10/h2-8H,1H3,(H,18,20)(H,19,21). The molecule has 0 fully saturated rings. The van der Waals surface area contributed by atoms with E-state index in [1.807, 2.05) is 0 Å². The van der Waals surface area contributed by atoms with Crippen LogP contribution in [-0.2, 0) is 4.79 Å². The van der Waals surface area contributed by atoms with Gasteiger partial charge in [0.15, 0.2) is 0 Å². The molecule has 0 heterocycles. The molecule has 2 amide bonds. The minimum absolute atomic E-state index is 0.116. The Morgan fingerprint density at radius 3 is 2.33 bits per heavy atom. The summed E-state index contributed by atoms with van der Waals surface area (Å²) in [6.45, 7) is 1.39. The third-order valence-corrected chi connectivity index (χ3v) is 2.91. The third-order valence-electron chi connectivity index (χ3n) is 2.62. The van der Waals surface area contributed by atoms with E-state index in [4.69, 9.17) is 11.6 Å². The number of carbonyl (C=O) groups is 2. The first-order valence-corrected chi connectivity index (χ1v) is 6.47. The summed E-state index contributed by atoms with van der Waals surface area (Å²) in [5, 5.41) is 5.14. The Bertz CT molecular complexity index is 704. The van der Waals surface area contributed by atoms with Crippen molar-refractivity contribution in [1.29, 1.82) is 0 Å². The van der Waals surface area contributed by atoms with Gasteiger partial charge < -0.3 is 10.6 Å². The fourth-order valence-corrected chi connectivity index (χ4v) is 1.90. The molecule has 2 aromatic carbocycles. The maximum Gasteiger partial charge on any atom is 0.255 e. The van der Waals surface area contributed by atoms with E-state index in [0.29, 0.717) is 11.4 Å². The number of hydrogen-bond acceptors (Lipinski definition) is 2. The van der Waals surface area contributed by atoms with Crippen LogP contribution in [-0.4, -0.2) is 11.8 Å². The molecule has 0 aliphatic heterocycles. The van der Waals surface area contributed by atoms with Crippen LogP contribution in [0.4, 0.5) is 15.8 Å². The first kappa shape index (κ1) is 15.0. The maximum absolute atomic E-state index is 13.1. The van der Waals surface area contributed by atoms with Crippen LogP contribution >= 0.6 is 11.6 Å². The number of rotatable bonds is 3. The van der Waals surface area contributed by atoms with Gasteiger partial charge in [0.05, 0.1) is 5.02 Å². The van der Waals surface area contributed by atoms with Gasteiger partial charge in [-0.15, -0.1) is 0 Å². The summed E-state index contributed by atoms with van der Waals surface area (Å²) in [6.07, 6.45) is 0. The molecule has 21 heavy (non-hydrogen) atoms. The second-order valence-electron chi connectivity index (χ2n) is 4.35. The van der Waals surface area contributed by atoms with Gasteiger partial charge in [0.25, 0.3) is 5.91 Å². The van der Waals surface area contributed by atoms with Crippen LogP contribution in [0.25, 0.3) is 0 Å². The van der Waals surface area contributed by atoms with Gasteiger partial charge >= 0.3 is 0 Å². The Morgan fingerprint density at radius 2 is 1.71 bits per heavy atom. The van der Waals surface area contributed by atoms with Gasteiger partial charge in [-0.3, -0.25) is 9.59 Å². The SMILES string of the molecule is CC(=O)Nc1cccc(NC(=O)c2ccc(F)c(Cl)c2)c1. The Balaban J connectivity index is 2.15. The largest absolute Gasteiger partial charge is 0.326 e. The van der Waals surface area contributed by atoms with Crippen LogP contribution in [0.2, 0.25) is 5.02 Å². The van der Waals surface area contributed by atoms with Crippen LogP contribution in [0.3, 0.4) is 0 Å². The van der Waals surface area contributed by atoms with Crippen molar-refractivity contribution in [2.75, 3.05) is 10.6 Å². The molecule has 6 heteroatoms. The topological polar surface area (TPSA) is 58.2 Å². The number of anilines is 2. The summed E-state index contributed by atoms with van der Waals surface area (Å²) >= 11 is 5.64. The summed E-state index contributed by atoms with van der Waals surface area (Å²) in [7, 11) is 0. The second-order valence-corrected chi connectivity index (χ2v) is 4.75. The van der Waals surface area contributed by atoms with E-state index >= 15 is 0 Å². The Hall–Kier alpha value is -2.40. The molecule has 0 atom stereocenters. The van der Waals surface area contributed by atoms with Crippen molar-refractivity contribution in [3.05, 3.63) is 58.9 Å². The third kappa shape index (κ3) is 4.03. The van der Waals surface area contributed by atoms with Crippen LogP contribution < -0.4 is 10.6 Å². The van der Waals surface area contributed by atoms with Crippen molar-refractivity contribution in [3.8, 4) is 0 Å². The van der Waals surface area contributed by atoms with Crippen molar-refractivity contribution < 1.29 is 14.0 Å². The molecule has 0 saturated heterocycles. The summed E-state index contributed by atoms with van der Waals surface area (Å²) in [4.78, 5) is 23.0. The number of halogens is 2. The van der Waals surface area contributed by atoms with Gasteiger partial charge in [-0.1, -0.05) is 17.7 Å². The number of nitrogens with one attached hydrogen (secondary N) is 2. The number of hydrogen-bond donors (Lipinski definition) is 2. The Morgan fingerprint density at radius 1 is 1.05 bits per heavy atom. The number of benzene rings is 2. The molecule has 0 unspecified atom stereocenters. The van der Waals surface area contributed by atoms with E-state index < -0.39 is 11.7 Å². The monoisotopic (exact) mass is 306 g/mol. The molecule has 0 bridgehead atoms. The quantitative estimate of drug-likeness (QED) is 0.908. The van der Waals surface area contributed by atoms with Gasteiger partial charge in [-0.25, -0.2) is 4.39 Å². The minimum Gasteiger partial charge on any atom is -0.326 e. The molecule has 0 radical (unpaired) electrons. The lowest BCUT2D eigenvalue weighted by molar-refractivity contribution is -0.114. The normalized spacial score (nSPS) is 10.0. The van der Waals surface area contributed by atoms with E-state index in [1.165, 1.54) is 19.1 Å². The average Bonchev–Trinajstić information content (AvgIpc) is 2.41. The zero-order valence-electron chi connectivity index (χ0n) is 11.1. The van der Waals surface area contributed by atoms with Crippen molar-refractivity contribution in [1.82, 2.24) is 0 Å². The van der Waals surface area contributed by atoms with Crippen LogP contribution in [0.5, 0.6) is 0 Å². The van der Waals surface area contributed by atoms with Gasteiger partial charge in [0.1, 0.15) is 5.82 Å². The summed E-state index contributed by atoms with van der Waals surface area (Å²) in [5.74, 6) is -1.21. The van der Waals surface area contributed by atoms with Gasteiger partial charge in [0, 0.05) is 23.9 Å². The van der Waals surface area contributed by atoms with Crippen molar-refractivity contribution in [3.63, 3.8) is 0 Å². The highest BCUT2D eigenvalue weighted by atomic mass is 35.5. The minimum atomic E-state index is -0.583. The summed E-state index contributed by atoms with van der Waals surface area (Å²) < 4.78 is 13.1. The van der Waals surface area contributed by atoms with E-state index in [0.717, 1.165) is 6.07 Å². The predicted octanol–water partition coefficient (Wildman–Crippen LogP) is 3.69. The first-order chi connectivity index (χ1) is 9.95. The van der Waals surface area contributed by atoms with Gasteiger partial charge in [-0.2, -0.15) is 0 Å². The molecule has 2 N–H and O–H groups in total. The van der Waals surface area contributed by atoms with Crippen LogP contribution in [0.1, 0.15) is 17.3 Å². The van der Waals surface area contributed by atoms with E-state index in [9.17, 15) is 14.0 Å². The molecule has 0 aliphatic rings. The second kappa shape index (κ2) is 6.37. The fourth-order valence-electron chi connectivity index (χ4n) is 1.72. The molecule has 2 rings (SSSR count). The summed E-state index contributed by atoms with van der Waals surface area (Å²) in [5.41, 5.74) is 1.32. The molecule has 0 aromatic heterocycles. The lowest BCUT2D eigenvalue weighted by atomic mass is 10.2. The van der Waals surface area contributed by atoms with Crippen LogP contribution in [0.15, 0.2) is 42.5 Å². The van der Waals surface area contributed by atoms with Gasteiger partial charge in [-0.05, 0) is 36.4 Å². The molecule has 108 valence electrons. The predicted molar refractivity (Wildman–Crippen MR) is 80.1 cm³/mol. The highest BCUT2D eigenvalue weighted by Gasteiger charge is 2.09. The molecular formula is C15H12ClFN2O2. The molecule has 0 saturated carbocycles. The lowest BCUT2D eigenvalue weighted by Gasteiger charge is -2.08. The zero-order valence-corrected chi connectivity index (χ0v) is 11.9. The van der Waals surface area contributed by atoms with E-state index in [2.05, 4.69) is 10.6 Å². The van der Waals surface area contributed by atoms with Crippen molar-refractivity contribution in [2.24, 2.45) is 0 Å². The molecule has 0 spiro atoms. The van der Waals surface area contributed by atoms with E-state index in [1.54, 1.807) is 24.3 Å². The fraction of sp³-hybridized carbons (Fsp3) is 0.0667. The van der Waals surface area contributed by atoms with Gasteiger partial charge in [0.2, 0.25) is 5.91 Å². The molecular weight excluding hydrogens is 295 g/mol. The number of amides is 2.